The Hall–Kier alpha value is -3.16. The highest BCUT2D eigenvalue weighted by Gasteiger charge is 2.12. The van der Waals surface area contributed by atoms with Crippen molar-refractivity contribution in [3.05, 3.63) is 59.7 Å². The van der Waals surface area contributed by atoms with Crippen LogP contribution in [0.4, 0.5) is 19.3 Å². The molecule has 1 unspecified atom stereocenters. The number of amides is 3. The Kier molecular flexibility index (Phi) is 9.24. The third-order valence-corrected chi connectivity index (χ3v) is 4.88. The minimum Gasteiger partial charge on any atom is -0.435 e. The molecule has 0 aliphatic rings. The second-order valence-electron chi connectivity index (χ2n) is 7.04. The average molecular weight is 433 g/mol. The molecule has 0 aromatic heterocycles. The first kappa shape index (κ1) is 24.1. The van der Waals surface area contributed by atoms with Crippen LogP contribution in [-0.2, 0) is 11.2 Å². The van der Waals surface area contributed by atoms with E-state index in [-0.39, 0.29) is 30.2 Å². The summed E-state index contributed by atoms with van der Waals surface area (Å²) < 4.78 is 28.7. The van der Waals surface area contributed by atoms with Gasteiger partial charge in [0.25, 0.3) is 0 Å². The lowest BCUT2D eigenvalue weighted by Gasteiger charge is -2.19. The molecule has 2 N–H and O–H groups in total. The number of benzene rings is 2. The van der Waals surface area contributed by atoms with Gasteiger partial charge in [0.15, 0.2) is 0 Å². The molecule has 8 heteroatoms. The van der Waals surface area contributed by atoms with Gasteiger partial charge in [-0.3, -0.25) is 4.79 Å². The molecule has 2 aromatic rings. The van der Waals surface area contributed by atoms with Gasteiger partial charge in [0, 0.05) is 25.2 Å². The molecular formula is C23H29F2N3O3. The van der Waals surface area contributed by atoms with E-state index in [1.54, 1.807) is 17.0 Å². The van der Waals surface area contributed by atoms with Crippen LogP contribution in [0.25, 0.3) is 0 Å². The van der Waals surface area contributed by atoms with E-state index in [0.29, 0.717) is 25.2 Å². The number of hydrogen-bond acceptors (Lipinski definition) is 3. The number of nitrogens with one attached hydrogen (secondary N) is 2. The standard InChI is InChI=1S/C23H29F2N3O3/c1-4-28(5-2)23(30)27-19-11-9-18(10-12-19)16(3)26-21(29)15-8-17-6-13-20(14-7-17)31-22(24)25/h6-7,9-14,16,22H,4-5,8,15H2,1-3H3,(H,26,29)(H,27,30). The number of aryl methyl sites for hydroxylation is 1. The highest BCUT2D eigenvalue weighted by Crippen LogP contribution is 2.18. The van der Waals surface area contributed by atoms with Gasteiger partial charge in [0.05, 0.1) is 6.04 Å². The maximum Gasteiger partial charge on any atom is 0.387 e. The smallest absolute Gasteiger partial charge is 0.387 e. The summed E-state index contributed by atoms with van der Waals surface area (Å²) >= 11 is 0. The normalized spacial score (nSPS) is 11.7. The lowest BCUT2D eigenvalue weighted by Crippen LogP contribution is -2.34. The zero-order valence-corrected chi connectivity index (χ0v) is 18.0. The summed E-state index contributed by atoms with van der Waals surface area (Å²) in [6, 6.07) is 13.3. The molecule has 168 valence electrons. The molecule has 0 saturated carbocycles. The first-order valence-electron chi connectivity index (χ1n) is 10.3. The van der Waals surface area contributed by atoms with Gasteiger partial charge in [-0.15, -0.1) is 0 Å². The Morgan fingerprint density at radius 1 is 1.00 bits per heavy atom. The number of nitrogens with zero attached hydrogens (tertiary/aromatic N) is 1. The van der Waals surface area contributed by atoms with Crippen LogP contribution in [0.15, 0.2) is 48.5 Å². The first-order valence-corrected chi connectivity index (χ1v) is 10.3. The van der Waals surface area contributed by atoms with Crippen molar-refractivity contribution < 1.29 is 23.1 Å². The molecular weight excluding hydrogens is 404 g/mol. The van der Waals surface area contributed by atoms with E-state index < -0.39 is 6.61 Å². The second-order valence-corrected chi connectivity index (χ2v) is 7.04. The number of anilines is 1. The number of alkyl halides is 2. The molecule has 0 radical (unpaired) electrons. The molecule has 31 heavy (non-hydrogen) atoms. The van der Waals surface area contributed by atoms with Gasteiger partial charge in [-0.05, 0) is 62.6 Å². The van der Waals surface area contributed by atoms with Gasteiger partial charge in [0.2, 0.25) is 5.91 Å². The molecule has 3 amide bonds. The van der Waals surface area contributed by atoms with E-state index in [1.807, 2.05) is 45.0 Å². The van der Waals surface area contributed by atoms with Crippen LogP contribution in [0.3, 0.4) is 0 Å². The quantitative estimate of drug-likeness (QED) is 0.556. The summed E-state index contributed by atoms with van der Waals surface area (Å²) in [6.07, 6.45) is 0.765. The second kappa shape index (κ2) is 11.9. The van der Waals surface area contributed by atoms with E-state index >= 15 is 0 Å². The van der Waals surface area contributed by atoms with Crippen molar-refractivity contribution >= 4 is 17.6 Å². The fraction of sp³-hybridized carbons (Fsp3) is 0.391. The summed E-state index contributed by atoms with van der Waals surface area (Å²) in [7, 11) is 0. The minimum absolute atomic E-state index is 0.0913. The number of carbonyl (C=O) groups is 2. The summed E-state index contributed by atoms with van der Waals surface area (Å²) in [5.41, 5.74) is 2.47. The van der Waals surface area contributed by atoms with Crippen molar-refractivity contribution in [3.8, 4) is 5.75 Å². The lowest BCUT2D eigenvalue weighted by molar-refractivity contribution is -0.121. The molecule has 2 aromatic carbocycles. The predicted molar refractivity (Wildman–Crippen MR) is 116 cm³/mol. The molecule has 0 fully saturated rings. The zero-order valence-electron chi connectivity index (χ0n) is 18.0. The predicted octanol–water partition coefficient (Wildman–Crippen LogP) is 4.97. The molecule has 0 aliphatic heterocycles. The molecule has 1 atom stereocenters. The number of hydrogen-bond donors (Lipinski definition) is 2. The summed E-state index contributed by atoms with van der Waals surface area (Å²) in [6.45, 7) is 4.15. The Morgan fingerprint density at radius 2 is 1.61 bits per heavy atom. The molecule has 0 spiro atoms. The third-order valence-electron chi connectivity index (χ3n) is 4.88. The Labute approximate surface area is 181 Å². The van der Waals surface area contributed by atoms with Crippen molar-refractivity contribution in [2.75, 3.05) is 18.4 Å². The Morgan fingerprint density at radius 3 is 2.16 bits per heavy atom. The molecule has 6 nitrogen and oxygen atoms in total. The Balaban J connectivity index is 1.82. The summed E-state index contributed by atoms with van der Waals surface area (Å²) in [4.78, 5) is 26.1. The molecule has 0 bridgehead atoms. The van der Waals surface area contributed by atoms with Crippen molar-refractivity contribution in [1.29, 1.82) is 0 Å². The summed E-state index contributed by atoms with van der Waals surface area (Å²) in [5.74, 6) is -0.0205. The van der Waals surface area contributed by atoms with E-state index in [0.717, 1.165) is 11.1 Å². The van der Waals surface area contributed by atoms with Crippen LogP contribution >= 0.6 is 0 Å². The van der Waals surface area contributed by atoms with E-state index in [2.05, 4.69) is 15.4 Å². The fourth-order valence-corrected chi connectivity index (χ4v) is 3.06. The SMILES string of the molecule is CCN(CC)C(=O)Nc1ccc(C(C)NC(=O)CCc2ccc(OC(F)F)cc2)cc1. The third kappa shape index (κ3) is 7.88. The Bertz CT molecular complexity index is 838. The number of rotatable bonds is 10. The number of halogens is 2. The van der Waals surface area contributed by atoms with Gasteiger partial charge < -0.3 is 20.3 Å². The van der Waals surface area contributed by atoms with Crippen molar-refractivity contribution in [2.24, 2.45) is 0 Å². The topological polar surface area (TPSA) is 70.7 Å². The maximum atomic E-state index is 12.3. The lowest BCUT2D eigenvalue weighted by atomic mass is 10.1. The van der Waals surface area contributed by atoms with Gasteiger partial charge in [0.1, 0.15) is 5.75 Å². The zero-order chi connectivity index (χ0) is 22.8. The van der Waals surface area contributed by atoms with E-state index in [1.165, 1.54) is 12.1 Å². The van der Waals surface area contributed by atoms with Crippen LogP contribution in [0.5, 0.6) is 5.75 Å². The number of urea groups is 1. The molecule has 0 saturated heterocycles. The molecule has 0 aliphatic carbocycles. The first-order chi connectivity index (χ1) is 14.8. The number of carbonyl (C=O) groups excluding carboxylic acids is 2. The average Bonchev–Trinajstić information content (AvgIpc) is 2.74. The largest absolute Gasteiger partial charge is 0.435 e. The fourth-order valence-electron chi connectivity index (χ4n) is 3.06. The maximum absolute atomic E-state index is 12.3. The van der Waals surface area contributed by atoms with Gasteiger partial charge in [-0.2, -0.15) is 8.78 Å². The van der Waals surface area contributed by atoms with Crippen molar-refractivity contribution in [1.82, 2.24) is 10.2 Å². The van der Waals surface area contributed by atoms with Crippen LogP contribution in [-0.4, -0.2) is 36.5 Å². The highest BCUT2D eigenvalue weighted by atomic mass is 19.3. The van der Waals surface area contributed by atoms with Crippen LogP contribution in [0, 0.1) is 0 Å². The number of ether oxygens (including phenoxy) is 1. The molecule has 2 rings (SSSR count). The van der Waals surface area contributed by atoms with Crippen molar-refractivity contribution in [2.45, 2.75) is 46.3 Å². The van der Waals surface area contributed by atoms with E-state index in [9.17, 15) is 18.4 Å². The van der Waals surface area contributed by atoms with Gasteiger partial charge >= 0.3 is 12.6 Å². The van der Waals surface area contributed by atoms with Gasteiger partial charge in [-0.1, -0.05) is 24.3 Å². The monoisotopic (exact) mass is 433 g/mol. The van der Waals surface area contributed by atoms with Crippen molar-refractivity contribution in [3.63, 3.8) is 0 Å². The molecule has 0 heterocycles. The van der Waals surface area contributed by atoms with Crippen LogP contribution in [0.1, 0.15) is 44.4 Å². The van der Waals surface area contributed by atoms with Gasteiger partial charge in [-0.25, -0.2) is 4.79 Å². The van der Waals surface area contributed by atoms with Crippen LogP contribution in [0.2, 0.25) is 0 Å². The minimum atomic E-state index is -2.86. The van der Waals surface area contributed by atoms with Crippen LogP contribution < -0.4 is 15.4 Å². The van der Waals surface area contributed by atoms with E-state index in [4.69, 9.17) is 0 Å². The summed E-state index contributed by atoms with van der Waals surface area (Å²) in [5, 5.41) is 5.79. The highest BCUT2D eigenvalue weighted by molar-refractivity contribution is 5.89.